The molecule has 0 amide bonds. The van der Waals surface area contributed by atoms with Crippen LogP contribution >= 0.6 is 27.3 Å². The summed E-state index contributed by atoms with van der Waals surface area (Å²) in [7, 11) is 0. The zero-order valence-corrected chi connectivity index (χ0v) is 10.6. The van der Waals surface area contributed by atoms with Gasteiger partial charge in [0.05, 0.1) is 0 Å². The van der Waals surface area contributed by atoms with Gasteiger partial charge in [-0.1, -0.05) is 0 Å². The lowest BCUT2D eigenvalue weighted by Crippen LogP contribution is -1.99. The Hall–Kier alpha value is -0.580. The molecule has 0 saturated heterocycles. The number of hydrogen-bond donors (Lipinski definition) is 1. The summed E-state index contributed by atoms with van der Waals surface area (Å²) in [5, 5.41) is 11.9. The molecule has 2 aromatic heterocycles. The number of hydrogen-bond acceptors (Lipinski definition) is 3. The highest BCUT2D eigenvalue weighted by atomic mass is 79.9. The first kappa shape index (κ1) is 10.9. The predicted molar refractivity (Wildman–Crippen MR) is 64.1 cm³/mol. The third kappa shape index (κ3) is 2.51. The van der Waals surface area contributed by atoms with E-state index in [2.05, 4.69) is 15.9 Å². The highest BCUT2D eigenvalue weighted by Gasteiger charge is 2.14. The van der Waals surface area contributed by atoms with Crippen LogP contribution in [0.15, 0.2) is 32.5 Å². The van der Waals surface area contributed by atoms with Gasteiger partial charge in [-0.3, -0.25) is 0 Å². The van der Waals surface area contributed by atoms with E-state index in [1.54, 1.807) is 11.3 Å². The van der Waals surface area contributed by atoms with Crippen molar-refractivity contribution in [3.05, 3.63) is 44.4 Å². The zero-order chi connectivity index (χ0) is 10.8. The van der Waals surface area contributed by atoms with E-state index < -0.39 is 6.10 Å². The summed E-state index contributed by atoms with van der Waals surface area (Å²) in [6, 6.07) is 5.67. The van der Waals surface area contributed by atoms with Crippen LogP contribution in [0.4, 0.5) is 0 Å². The normalized spacial score (nSPS) is 13.0. The van der Waals surface area contributed by atoms with Gasteiger partial charge in [-0.05, 0) is 46.4 Å². The van der Waals surface area contributed by atoms with Crippen LogP contribution in [0.25, 0.3) is 0 Å². The van der Waals surface area contributed by atoms with Crippen LogP contribution in [0.1, 0.15) is 22.5 Å². The van der Waals surface area contributed by atoms with Crippen LogP contribution in [0.3, 0.4) is 0 Å². The van der Waals surface area contributed by atoms with Crippen molar-refractivity contribution >= 4 is 27.3 Å². The standard InChI is InChI=1S/C11H11BrO2S/c1-7-2-3-10(14-7)9(13)6-11-8(12)4-5-15-11/h2-5,9,13H,6H2,1H3. The maximum Gasteiger partial charge on any atom is 0.133 e. The van der Waals surface area contributed by atoms with Gasteiger partial charge in [0.25, 0.3) is 0 Å². The number of halogens is 1. The molecule has 15 heavy (non-hydrogen) atoms. The maximum absolute atomic E-state index is 9.92. The van der Waals surface area contributed by atoms with Crippen LogP contribution in [-0.4, -0.2) is 5.11 Å². The zero-order valence-electron chi connectivity index (χ0n) is 8.24. The third-order valence-electron chi connectivity index (χ3n) is 2.16. The second-order valence-corrected chi connectivity index (χ2v) is 5.22. The van der Waals surface area contributed by atoms with Crippen molar-refractivity contribution in [2.75, 3.05) is 0 Å². The smallest absolute Gasteiger partial charge is 0.133 e. The molecule has 0 aliphatic heterocycles. The third-order valence-corrected chi connectivity index (χ3v) is 4.11. The fourth-order valence-corrected chi connectivity index (χ4v) is 2.93. The van der Waals surface area contributed by atoms with Crippen LogP contribution in [0.5, 0.6) is 0 Å². The van der Waals surface area contributed by atoms with Crippen molar-refractivity contribution in [3.8, 4) is 0 Å². The Morgan fingerprint density at radius 2 is 2.27 bits per heavy atom. The van der Waals surface area contributed by atoms with Gasteiger partial charge >= 0.3 is 0 Å². The van der Waals surface area contributed by atoms with E-state index in [1.165, 1.54) is 0 Å². The van der Waals surface area contributed by atoms with Gasteiger partial charge in [0.15, 0.2) is 0 Å². The molecule has 0 aliphatic carbocycles. The lowest BCUT2D eigenvalue weighted by atomic mass is 10.2. The van der Waals surface area contributed by atoms with Crippen LogP contribution in [0, 0.1) is 6.92 Å². The van der Waals surface area contributed by atoms with Gasteiger partial charge in [-0.25, -0.2) is 0 Å². The second-order valence-electron chi connectivity index (χ2n) is 3.36. The first-order valence-corrected chi connectivity index (χ1v) is 6.30. The number of aryl methyl sites for hydroxylation is 1. The second kappa shape index (κ2) is 4.51. The van der Waals surface area contributed by atoms with Crippen molar-refractivity contribution in [3.63, 3.8) is 0 Å². The topological polar surface area (TPSA) is 33.4 Å². The van der Waals surface area contributed by atoms with Crippen LogP contribution in [0.2, 0.25) is 0 Å². The average molecular weight is 287 g/mol. The molecule has 2 nitrogen and oxygen atoms in total. The molecule has 0 saturated carbocycles. The van der Waals surface area contributed by atoms with Crippen molar-refractivity contribution < 1.29 is 9.52 Å². The molecule has 2 rings (SSSR count). The molecule has 0 aliphatic rings. The molecule has 0 aromatic carbocycles. The van der Waals surface area contributed by atoms with Gasteiger partial charge < -0.3 is 9.52 Å². The minimum atomic E-state index is -0.561. The van der Waals surface area contributed by atoms with Gasteiger partial charge in [0.2, 0.25) is 0 Å². The molecule has 4 heteroatoms. The Morgan fingerprint density at radius 3 is 2.80 bits per heavy atom. The molecule has 2 heterocycles. The molecule has 0 fully saturated rings. The molecule has 0 radical (unpaired) electrons. The number of rotatable bonds is 3. The lowest BCUT2D eigenvalue weighted by Gasteiger charge is -2.06. The van der Waals surface area contributed by atoms with E-state index in [9.17, 15) is 5.11 Å². The van der Waals surface area contributed by atoms with Crippen LogP contribution < -0.4 is 0 Å². The highest BCUT2D eigenvalue weighted by molar-refractivity contribution is 9.10. The minimum absolute atomic E-state index is 0.561. The average Bonchev–Trinajstić information content (AvgIpc) is 2.77. The fraction of sp³-hybridized carbons (Fsp3) is 0.273. The number of furan rings is 1. The quantitative estimate of drug-likeness (QED) is 0.934. The van der Waals surface area contributed by atoms with Gasteiger partial charge in [-0.15, -0.1) is 11.3 Å². The molecule has 1 unspecified atom stereocenters. The Morgan fingerprint density at radius 1 is 1.47 bits per heavy atom. The predicted octanol–water partition coefficient (Wildman–Crippen LogP) is 3.69. The number of aliphatic hydroxyl groups excluding tert-OH is 1. The SMILES string of the molecule is Cc1ccc(C(O)Cc2sccc2Br)o1. The lowest BCUT2D eigenvalue weighted by molar-refractivity contribution is 0.149. The van der Waals surface area contributed by atoms with Crippen molar-refractivity contribution in [1.82, 2.24) is 0 Å². The highest BCUT2D eigenvalue weighted by Crippen LogP contribution is 2.28. The van der Waals surface area contributed by atoms with Gasteiger partial charge in [-0.2, -0.15) is 0 Å². The van der Waals surface area contributed by atoms with Crippen molar-refractivity contribution in [2.45, 2.75) is 19.4 Å². The summed E-state index contributed by atoms with van der Waals surface area (Å²) in [5.74, 6) is 1.46. The summed E-state index contributed by atoms with van der Waals surface area (Å²) in [5.41, 5.74) is 0. The van der Waals surface area contributed by atoms with Gasteiger partial charge in [0, 0.05) is 15.8 Å². The fourth-order valence-electron chi connectivity index (χ4n) is 1.38. The Kier molecular flexibility index (Phi) is 3.29. The van der Waals surface area contributed by atoms with E-state index in [0.29, 0.717) is 12.2 Å². The molecule has 80 valence electrons. The van der Waals surface area contributed by atoms with Gasteiger partial charge in [0.1, 0.15) is 17.6 Å². The Labute approximate surface area is 101 Å². The summed E-state index contributed by atoms with van der Waals surface area (Å²) < 4.78 is 6.42. The first-order chi connectivity index (χ1) is 7.16. The molecule has 0 bridgehead atoms. The Balaban J connectivity index is 2.10. The van der Waals surface area contributed by atoms with Crippen molar-refractivity contribution in [1.29, 1.82) is 0 Å². The van der Waals surface area contributed by atoms with E-state index in [0.717, 1.165) is 15.1 Å². The van der Waals surface area contributed by atoms with Crippen LogP contribution in [-0.2, 0) is 6.42 Å². The largest absolute Gasteiger partial charge is 0.464 e. The molecular weight excluding hydrogens is 276 g/mol. The Bertz CT molecular complexity index is 447. The maximum atomic E-state index is 9.92. The van der Waals surface area contributed by atoms with Crippen molar-refractivity contribution in [2.24, 2.45) is 0 Å². The molecule has 0 spiro atoms. The number of aliphatic hydroxyl groups is 1. The van der Waals surface area contributed by atoms with E-state index in [1.807, 2.05) is 30.5 Å². The molecule has 1 atom stereocenters. The minimum Gasteiger partial charge on any atom is -0.464 e. The van der Waals surface area contributed by atoms with E-state index >= 15 is 0 Å². The summed E-state index contributed by atoms with van der Waals surface area (Å²) in [4.78, 5) is 1.14. The summed E-state index contributed by atoms with van der Waals surface area (Å²) in [6.45, 7) is 1.87. The molecule has 2 aromatic rings. The number of thiophene rings is 1. The van der Waals surface area contributed by atoms with E-state index in [4.69, 9.17) is 4.42 Å². The molecule has 1 N–H and O–H groups in total. The van der Waals surface area contributed by atoms with E-state index in [-0.39, 0.29) is 0 Å². The molecular formula is C11H11BrO2S. The summed E-state index contributed by atoms with van der Waals surface area (Å²) in [6.07, 6.45) is 0.0271. The summed E-state index contributed by atoms with van der Waals surface area (Å²) >= 11 is 5.07. The monoisotopic (exact) mass is 286 g/mol. The first-order valence-electron chi connectivity index (χ1n) is 4.63.